The number of rotatable bonds is 4. The fraction of sp³-hybridized carbons (Fsp3) is 0.692. The minimum Gasteiger partial charge on any atom is -0.478 e. The molecule has 2 N–H and O–H groups in total. The fourth-order valence-electron chi connectivity index (χ4n) is 6.99. The van der Waals surface area contributed by atoms with Gasteiger partial charge in [0.1, 0.15) is 0 Å². The zero-order valence-corrected chi connectivity index (χ0v) is 19.4. The van der Waals surface area contributed by atoms with E-state index >= 15 is 0 Å². The molecule has 166 valence electrons. The van der Waals surface area contributed by atoms with Crippen LogP contribution in [0.1, 0.15) is 124 Å². The third-order valence-corrected chi connectivity index (χ3v) is 7.35. The molecular formula is C26H38O4. The molecule has 0 spiro atoms. The first kappa shape index (κ1) is 22.8. The zero-order chi connectivity index (χ0) is 22.4. The van der Waals surface area contributed by atoms with Crippen LogP contribution >= 0.6 is 0 Å². The molecule has 3 rings (SSSR count). The summed E-state index contributed by atoms with van der Waals surface area (Å²) < 4.78 is 0. The quantitative estimate of drug-likeness (QED) is 0.559. The van der Waals surface area contributed by atoms with Crippen molar-refractivity contribution >= 4 is 11.9 Å². The van der Waals surface area contributed by atoms with Crippen LogP contribution in [-0.4, -0.2) is 22.2 Å². The van der Waals surface area contributed by atoms with E-state index in [9.17, 15) is 19.8 Å². The average Bonchev–Trinajstić information content (AvgIpc) is 2.56. The Morgan fingerprint density at radius 1 is 0.800 bits per heavy atom. The maximum Gasteiger partial charge on any atom is 0.336 e. The van der Waals surface area contributed by atoms with Gasteiger partial charge < -0.3 is 10.2 Å². The van der Waals surface area contributed by atoms with E-state index in [4.69, 9.17) is 0 Å². The van der Waals surface area contributed by atoms with Crippen molar-refractivity contribution in [3.8, 4) is 0 Å². The van der Waals surface area contributed by atoms with Crippen LogP contribution in [0.4, 0.5) is 0 Å². The van der Waals surface area contributed by atoms with Gasteiger partial charge in [-0.3, -0.25) is 0 Å². The summed E-state index contributed by atoms with van der Waals surface area (Å²) in [6, 6.07) is 3.48. The molecule has 0 unspecified atom stereocenters. The molecule has 4 nitrogen and oxygen atoms in total. The molecule has 0 aliphatic heterocycles. The van der Waals surface area contributed by atoms with E-state index in [0.717, 1.165) is 43.2 Å². The van der Waals surface area contributed by atoms with E-state index in [1.807, 2.05) is 6.07 Å². The fourth-order valence-corrected chi connectivity index (χ4v) is 6.99. The van der Waals surface area contributed by atoms with Gasteiger partial charge in [-0.15, -0.1) is 0 Å². The van der Waals surface area contributed by atoms with Gasteiger partial charge in [-0.1, -0.05) is 47.6 Å². The standard InChI is InChI=1S/C26H38O4/c1-15-9-17(13-25(3,4)11-15)19-7-8-20(23(27)28)22(24(29)30)21(19)18-10-16(2)12-26(5,6)14-18/h7-8,15-18H,9-14H2,1-6H3,(H,27,28)(H,29,30)/t15-,16-,17-,18-/m0/s1. The van der Waals surface area contributed by atoms with Crippen molar-refractivity contribution in [1.29, 1.82) is 0 Å². The smallest absolute Gasteiger partial charge is 0.336 e. The second kappa shape index (κ2) is 8.01. The average molecular weight is 415 g/mol. The number of carbonyl (C=O) groups is 2. The Morgan fingerprint density at radius 2 is 1.30 bits per heavy atom. The largest absolute Gasteiger partial charge is 0.478 e. The van der Waals surface area contributed by atoms with Crippen LogP contribution in [0.15, 0.2) is 12.1 Å². The lowest BCUT2D eigenvalue weighted by Crippen LogP contribution is -2.31. The maximum atomic E-state index is 12.4. The number of hydrogen-bond acceptors (Lipinski definition) is 2. The molecule has 1 aromatic rings. The predicted octanol–water partition coefficient (Wildman–Crippen LogP) is 6.94. The molecule has 2 saturated carbocycles. The van der Waals surface area contributed by atoms with Crippen molar-refractivity contribution < 1.29 is 19.8 Å². The molecular weight excluding hydrogens is 376 g/mol. The minimum absolute atomic E-state index is 0.0333. The highest BCUT2D eigenvalue weighted by Crippen LogP contribution is 2.52. The molecule has 4 atom stereocenters. The van der Waals surface area contributed by atoms with E-state index in [1.165, 1.54) is 12.5 Å². The third-order valence-electron chi connectivity index (χ3n) is 7.35. The van der Waals surface area contributed by atoms with Crippen LogP contribution in [0, 0.1) is 22.7 Å². The van der Waals surface area contributed by atoms with Gasteiger partial charge in [0.05, 0.1) is 11.1 Å². The number of carboxylic acid groups (broad SMARTS) is 2. The summed E-state index contributed by atoms with van der Waals surface area (Å²) >= 11 is 0. The Kier molecular flexibility index (Phi) is 6.10. The molecule has 30 heavy (non-hydrogen) atoms. The Morgan fingerprint density at radius 3 is 1.77 bits per heavy atom. The molecule has 1 aromatic carbocycles. The van der Waals surface area contributed by atoms with Crippen LogP contribution in [-0.2, 0) is 0 Å². The monoisotopic (exact) mass is 414 g/mol. The molecule has 2 fully saturated rings. The predicted molar refractivity (Wildman–Crippen MR) is 119 cm³/mol. The highest BCUT2D eigenvalue weighted by Gasteiger charge is 2.40. The second-order valence-electron chi connectivity index (χ2n) is 11.8. The van der Waals surface area contributed by atoms with Crippen molar-refractivity contribution in [2.45, 2.75) is 91.9 Å². The molecule has 0 aromatic heterocycles. The highest BCUT2D eigenvalue weighted by molar-refractivity contribution is 6.03. The van der Waals surface area contributed by atoms with E-state index in [-0.39, 0.29) is 33.8 Å². The van der Waals surface area contributed by atoms with E-state index in [0.29, 0.717) is 11.8 Å². The summed E-state index contributed by atoms with van der Waals surface area (Å²) in [5, 5.41) is 19.9. The Labute approximate surface area is 181 Å². The number of aromatic carboxylic acids is 2. The maximum absolute atomic E-state index is 12.4. The van der Waals surface area contributed by atoms with Crippen LogP contribution in [0.5, 0.6) is 0 Å². The summed E-state index contributed by atoms with van der Waals surface area (Å²) in [7, 11) is 0. The van der Waals surface area contributed by atoms with Crippen LogP contribution in [0.25, 0.3) is 0 Å². The van der Waals surface area contributed by atoms with Gasteiger partial charge >= 0.3 is 11.9 Å². The summed E-state index contributed by atoms with van der Waals surface area (Å²) in [5.41, 5.74) is 2.19. The van der Waals surface area contributed by atoms with Gasteiger partial charge in [-0.2, -0.15) is 0 Å². The van der Waals surface area contributed by atoms with Gasteiger partial charge in [-0.25, -0.2) is 9.59 Å². The number of hydrogen-bond donors (Lipinski definition) is 2. The van der Waals surface area contributed by atoms with Gasteiger partial charge in [-0.05, 0) is 90.2 Å². The Bertz CT molecular complexity index is 836. The summed E-state index contributed by atoms with van der Waals surface area (Å²) in [6.07, 6.45) is 6.17. The van der Waals surface area contributed by atoms with E-state index in [1.54, 1.807) is 0 Å². The van der Waals surface area contributed by atoms with Crippen molar-refractivity contribution in [3.05, 3.63) is 34.4 Å². The lowest BCUT2D eigenvalue weighted by molar-refractivity contribution is 0.0648. The summed E-state index contributed by atoms with van der Waals surface area (Å²) in [4.78, 5) is 24.3. The summed E-state index contributed by atoms with van der Waals surface area (Å²) in [6.45, 7) is 13.6. The first-order chi connectivity index (χ1) is 13.8. The molecule has 2 aliphatic rings. The first-order valence-electron chi connectivity index (χ1n) is 11.4. The number of benzene rings is 1. The summed E-state index contributed by atoms with van der Waals surface area (Å²) in [5.74, 6) is -0.835. The van der Waals surface area contributed by atoms with Gasteiger partial charge in [0.2, 0.25) is 0 Å². The molecule has 0 radical (unpaired) electrons. The molecule has 0 saturated heterocycles. The highest BCUT2D eigenvalue weighted by atomic mass is 16.4. The van der Waals surface area contributed by atoms with Crippen molar-refractivity contribution in [1.82, 2.24) is 0 Å². The molecule has 0 heterocycles. The molecule has 2 aliphatic carbocycles. The van der Waals surface area contributed by atoms with Crippen LogP contribution in [0.2, 0.25) is 0 Å². The normalized spacial score (nSPS) is 30.6. The Hall–Kier alpha value is -1.84. The van der Waals surface area contributed by atoms with Gasteiger partial charge in [0, 0.05) is 0 Å². The van der Waals surface area contributed by atoms with Crippen molar-refractivity contribution in [3.63, 3.8) is 0 Å². The lowest BCUT2D eigenvalue weighted by Gasteiger charge is -2.43. The first-order valence-corrected chi connectivity index (χ1v) is 11.4. The van der Waals surface area contributed by atoms with Gasteiger partial charge in [0.15, 0.2) is 0 Å². The van der Waals surface area contributed by atoms with Gasteiger partial charge in [0.25, 0.3) is 0 Å². The third kappa shape index (κ3) is 4.73. The molecule has 0 amide bonds. The molecule has 0 bridgehead atoms. The minimum atomic E-state index is -1.15. The molecule has 4 heteroatoms. The van der Waals surface area contributed by atoms with Crippen molar-refractivity contribution in [2.24, 2.45) is 22.7 Å². The second-order valence-corrected chi connectivity index (χ2v) is 11.8. The topological polar surface area (TPSA) is 74.6 Å². The lowest BCUT2D eigenvalue weighted by atomic mass is 9.61. The van der Waals surface area contributed by atoms with Crippen molar-refractivity contribution in [2.75, 3.05) is 0 Å². The zero-order valence-electron chi connectivity index (χ0n) is 19.4. The Balaban J connectivity index is 2.21. The SMILES string of the molecule is C[C@H]1C[C@H](c2ccc(C(=O)O)c(C(=O)O)c2[C@H]2C[C@H](C)CC(C)(C)C2)CC(C)(C)C1. The van der Waals surface area contributed by atoms with Crippen LogP contribution < -0.4 is 0 Å². The van der Waals surface area contributed by atoms with E-state index in [2.05, 4.69) is 41.5 Å². The van der Waals surface area contributed by atoms with Crippen LogP contribution in [0.3, 0.4) is 0 Å². The number of carboxylic acids is 2. The van der Waals surface area contributed by atoms with E-state index < -0.39 is 11.9 Å².